The number of rotatable bonds is 4. The van der Waals surface area contributed by atoms with Gasteiger partial charge in [-0.15, -0.1) is 0 Å². The number of nitrogens with zero attached hydrogens (tertiary/aromatic N) is 2. The van der Waals surface area contributed by atoms with Crippen molar-refractivity contribution in [1.29, 1.82) is 0 Å². The molecule has 0 spiro atoms. The molecule has 25 heavy (non-hydrogen) atoms. The average molecular weight is 342 g/mol. The van der Waals surface area contributed by atoms with Crippen molar-refractivity contribution < 1.29 is 0 Å². The fraction of sp³-hybridized carbons (Fsp3) is 0.773. The Morgan fingerprint density at radius 3 is 2.44 bits per heavy atom. The standard InChI is InChI=1S/C22H35N3/c1-3-8-18(9-4-1)19-10-7-11-20(16-19)24-22-17-21(12-13-23-22)25-14-5-2-6-15-25/h12-13,17-20H,1-11,14-16H2,(H,23,24)/t19-,20+/m0/s1. The fourth-order valence-corrected chi connectivity index (χ4v) is 5.45. The van der Waals surface area contributed by atoms with Gasteiger partial charge in [-0.3, -0.25) is 0 Å². The maximum absolute atomic E-state index is 4.63. The van der Waals surface area contributed by atoms with Crippen LogP contribution in [-0.2, 0) is 0 Å². The topological polar surface area (TPSA) is 28.2 Å². The van der Waals surface area contributed by atoms with Crippen LogP contribution in [0.4, 0.5) is 11.5 Å². The lowest BCUT2D eigenvalue weighted by atomic mass is 9.72. The second-order valence-electron chi connectivity index (χ2n) is 8.61. The molecule has 3 fully saturated rings. The van der Waals surface area contributed by atoms with E-state index >= 15 is 0 Å². The molecule has 1 aliphatic heterocycles. The molecule has 4 rings (SSSR count). The fourth-order valence-electron chi connectivity index (χ4n) is 5.45. The zero-order valence-electron chi connectivity index (χ0n) is 15.8. The zero-order chi connectivity index (χ0) is 16.9. The smallest absolute Gasteiger partial charge is 0.128 e. The number of hydrogen-bond donors (Lipinski definition) is 1. The first kappa shape index (κ1) is 17.2. The van der Waals surface area contributed by atoms with Crippen molar-refractivity contribution >= 4 is 11.5 Å². The van der Waals surface area contributed by atoms with Crippen molar-refractivity contribution in [3.63, 3.8) is 0 Å². The van der Waals surface area contributed by atoms with E-state index in [9.17, 15) is 0 Å². The molecule has 3 aliphatic rings. The van der Waals surface area contributed by atoms with E-state index in [0.717, 1.165) is 17.7 Å². The van der Waals surface area contributed by atoms with Crippen LogP contribution in [0.2, 0.25) is 0 Å². The molecule has 1 aromatic heterocycles. The van der Waals surface area contributed by atoms with Crippen LogP contribution >= 0.6 is 0 Å². The van der Waals surface area contributed by atoms with Gasteiger partial charge in [0.2, 0.25) is 0 Å². The first-order valence-corrected chi connectivity index (χ1v) is 10.9. The van der Waals surface area contributed by atoms with Crippen LogP contribution in [0, 0.1) is 11.8 Å². The molecule has 2 heterocycles. The molecule has 1 aromatic rings. The van der Waals surface area contributed by atoms with Crippen molar-refractivity contribution in [3.05, 3.63) is 18.3 Å². The zero-order valence-corrected chi connectivity index (χ0v) is 15.8. The van der Waals surface area contributed by atoms with Crippen molar-refractivity contribution in [2.45, 2.75) is 83.1 Å². The number of hydrogen-bond acceptors (Lipinski definition) is 3. The van der Waals surface area contributed by atoms with Gasteiger partial charge in [-0.05, 0) is 50.0 Å². The highest BCUT2D eigenvalue weighted by Gasteiger charge is 2.29. The summed E-state index contributed by atoms with van der Waals surface area (Å²) in [5.74, 6) is 3.06. The molecule has 0 unspecified atom stereocenters. The van der Waals surface area contributed by atoms with E-state index in [1.54, 1.807) is 0 Å². The van der Waals surface area contributed by atoms with E-state index in [-0.39, 0.29) is 0 Å². The molecular weight excluding hydrogens is 306 g/mol. The van der Waals surface area contributed by atoms with Gasteiger partial charge in [0, 0.05) is 37.1 Å². The van der Waals surface area contributed by atoms with E-state index in [0.29, 0.717) is 6.04 Å². The number of aromatic nitrogens is 1. The molecule has 0 aromatic carbocycles. The third-order valence-electron chi connectivity index (χ3n) is 6.85. The first-order chi connectivity index (χ1) is 12.4. The summed E-state index contributed by atoms with van der Waals surface area (Å²) in [5.41, 5.74) is 1.36. The predicted octanol–water partition coefficient (Wildman–Crippen LogP) is 5.62. The Morgan fingerprint density at radius 2 is 1.60 bits per heavy atom. The monoisotopic (exact) mass is 341 g/mol. The molecule has 2 aliphatic carbocycles. The minimum Gasteiger partial charge on any atom is -0.371 e. The predicted molar refractivity (Wildman–Crippen MR) is 106 cm³/mol. The van der Waals surface area contributed by atoms with Gasteiger partial charge in [0.15, 0.2) is 0 Å². The highest BCUT2D eigenvalue weighted by molar-refractivity contribution is 5.54. The van der Waals surface area contributed by atoms with Crippen molar-refractivity contribution in [2.75, 3.05) is 23.3 Å². The summed E-state index contributed by atoms with van der Waals surface area (Å²) in [6.45, 7) is 2.41. The second-order valence-corrected chi connectivity index (χ2v) is 8.61. The lowest BCUT2D eigenvalue weighted by molar-refractivity contribution is 0.188. The summed E-state index contributed by atoms with van der Waals surface area (Å²) in [6, 6.07) is 5.10. The maximum atomic E-state index is 4.63. The van der Waals surface area contributed by atoms with E-state index < -0.39 is 0 Å². The second kappa shape index (κ2) is 8.42. The largest absolute Gasteiger partial charge is 0.371 e. The Kier molecular flexibility index (Phi) is 5.79. The maximum Gasteiger partial charge on any atom is 0.128 e. The molecule has 0 radical (unpaired) electrons. The van der Waals surface area contributed by atoms with Crippen LogP contribution in [0.25, 0.3) is 0 Å². The third kappa shape index (κ3) is 4.48. The quantitative estimate of drug-likeness (QED) is 0.770. The third-order valence-corrected chi connectivity index (χ3v) is 6.85. The number of piperidine rings is 1. The van der Waals surface area contributed by atoms with Crippen LogP contribution in [0.15, 0.2) is 18.3 Å². The van der Waals surface area contributed by atoms with Crippen molar-refractivity contribution in [3.8, 4) is 0 Å². The average Bonchev–Trinajstić information content (AvgIpc) is 2.70. The Labute approximate surface area is 153 Å². The molecule has 1 N–H and O–H groups in total. The summed E-state index contributed by atoms with van der Waals surface area (Å²) in [6.07, 6.45) is 19.0. The summed E-state index contributed by atoms with van der Waals surface area (Å²) in [4.78, 5) is 7.16. The van der Waals surface area contributed by atoms with E-state index in [1.165, 1.54) is 95.8 Å². The molecular formula is C22H35N3. The minimum absolute atomic E-state index is 0.629. The van der Waals surface area contributed by atoms with Gasteiger partial charge >= 0.3 is 0 Å². The molecule has 3 nitrogen and oxygen atoms in total. The van der Waals surface area contributed by atoms with Gasteiger partial charge in [-0.1, -0.05) is 44.9 Å². The number of nitrogens with one attached hydrogen (secondary N) is 1. The van der Waals surface area contributed by atoms with Crippen LogP contribution < -0.4 is 10.2 Å². The lowest BCUT2D eigenvalue weighted by Crippen LogP contribution is -2.32. The Bertz CT molecular complexity index is 532. The normalized spacial score (nSPS) is 28.7. The summed E-state index contributed by atoms with van der Waals surface area (Å²) >= 11 is 0. The van der Waals surface area contributed by atoms with E-state index in [2.05, 4.69) is 27.3 Å². The van der Waals surface area contributed by atoms with Gasteiger partial charge in [0.25, 0.3) is 0 Å². The van der Waals surface area contributed by atoms with Gasteiger partial charge in [-0.25, -0.2) is 4.98 Å². The minimum atomic E-state index is 0.629. The lowest BCUT2D eigenvalue weighted by Gasteiger charge is -2.37. The van der Waals surface area contributed by atoms with Gasteiger partial charge in [-0.2, -0.15) is 0 Å². The van der Waals surface area contributed by atoms with Gasteiger partial charge in [0.05, 0.1) is 0 Å². The molecule has 138 valence electrons. The molecule has 1 saturated heterocycles. The number of pyridine rings is 1. The Morgan fingerprint density at radius 1 is 0.840 bits per heavy atom. The number of anilines is 2. The summed E-state index contributed by atoms with van der Waals surface area (Å²) in [7, 11) is 0. The van der Waals surface area contributed by atoms with Crippen LogP contribution in [-0.4, -0.2) is 24.1 Å². The molecule has 0 bridgehead atoms. The van der Waals surface area contributed by atoms with Crippen LogP contribution in [0.5, 0.6) is 0 Å². The molecule has 0 amide bonds. The summed E-state index contributed by atoms with van der Waals surface area (Å²) < 4.78 is 0. The van der Waals surface area contributed by atoms with Crippen molar-refractivity contribution in [2.24, 2.45) is 11.8 Å². The van der Waals surface area contributed by atoms with E-state index in [1.807, 2.05) is 6.20 Å². The molecule has 3 heteroatoms. The van der Waals surface area contributed by atoms with Gasteiger partial charge < -0.3 is 10.2 Å². The Hall–Kier alpha value is -1.25. The highest BCUT2D eigenvalue weighted by atomic mass is 15.1. The van der Waals surface area contributed by atoms with E-state index in [4.69, 9.17) is 0 Å². The van der Waals surface area contributed by atoms with Crippen molar-refractivity contribution in [1.82, 2.24) is 4.98 Å². The van der Waals surface area contributed by atoms with Gasteiger partial charge in [0.1, 0.15) is 5.82 Å². The Balaban J connectivity index is 1.36. The van der Waals surface area contributed by atoms with Crippen LogP contribution in [0.3, 0.4) is 0 Å². The van der Waals surface area contributed by atoms with Crippen LogP contribution in [0.1, 0.15) is 77.0 Å². The molecule has 2 saturated carbocycles. The first-order valence-electron chi connectivity index (χ1n) is 10.9. The SMILES string of the molecule is c1cc(N2CCCCC2)cc(N[C@@H]2CCC[C@H](C3CCCCC3)C2)n1. The molecule has 2 atom stereocenters. The highest BCUT2D eigenvalue weighted by Crippen LogP contribution is 2.39. The summed E-state index contributed by atoms with van der Waals surface area (Å²) in [5, 5.41) is 3.79.